The maximum Gasteiger partial charge on any atom is 0.407 e. The maximum atomic E-state index is 11.1. The number of alkyl carbamates (subject to hydrolysis) is 1. The van der Waals surface area contributed by atoms with Crippen LogP contribution in [0, 0.1) is 0 Å². The Bertz CT molecular complexity index is 235. The average molecular weight is 239 g/mol. The first-order chi connectivity index (χ1) is 6.58. The summed E-state index contributed by atoms with van der Waals surface area (Å²) in [5.74, 6) is -0.321. The average Bonchev–Trinajstić information content (AvgIpc) is 2.47. The Morgan fingerprint density at radius 2 is 2.33 bits per heavy atom. The zero-order chi connectivity index (χ0) is 10.6. The monoisotopic (exact) mass is 238 g/mol. The predicted octanol–water partition coefficient (Wildman–Crippen LogP) is -0.379. The number of carbonyl (C=O) groups is 2. The van der Waals surface area contributed by atoms with Crippen molar-refractivity contribution < 1.29 is 19.1 Å². The summed E-state index contributed by atoms with van der Waals surface area (Å²) in [6.07, 6.45) is -0.813. The van der Waals surface area contributed by atoms with Gasteiger partial charge in [-0.3, -0.25) is 9.69 Å². The number of nitrogens with zero attached hydrogens (tertiary/aromatic N) is 1. The van der Waals surface area contributed by atoms with Crippen molar-refractivity contribution in [3.8, 4) is 0 Å². The number of ether oxygens (including phenoxy) is 2. The molecule has 1 amide bonds. The molecule has 1 aliphatic heterocycles. The Kier molecular flexibility index (Phi) is 6.03. The molecular formula is C8H15ClN2O4. The van der Waals surface area contributed by atoms with Crippen LogP contribution in [0.5, 0.6) is 0 Å². The summed E-state index contributed by atoms with van der Waals surface area (Å²) >= 11 is 0. The van der Waals surface area contributed by atoms with Crippen molar-refractivity contribution in [3.05, 3.63) is 0 Å². The number of likely N-dealkylation sites (N-methyl/N-ethyl adjacent to an activating group) is 1. The molecule has 0 aromatic carbocycles. The van der Waals surface area contributed by atoms with Crippen LogP contribution in [-0.2, 0) is 14.3 Å². The van der Waals surface area contributed by atoms with Crippen LogP contribution in [0.4, 0.5) is 4.79 Å². The fourth-order valence-electron chi connectivity index (χ4n) is 1.01. The first-order valence-electron chi connectivity index (χ1n) is 4.33. The third-order valence-electron chi connectivity index (χ3n) is 1.62. The van der Waals surface area contributed by atoms with Crippen molar-refractivity contribution in [1.82, 2.24) is 10.2 Å². The van der Waals surface area contributed by atoms with E-state index in [2.05, 4.69) is 5.32 Å². The summed E-state index contributed by atoms with van der Waals surface area (Å²) in [4.78, 5) is 23.4. The Labute approximate surface area is 94.3 Å². The van der Waals surface area contributed by atoms with Crippen LogP contribution in [0.25, 0.3) is 0 Å². The number of halogens is 1. The van der Waals surface area contributed by atoms with Crippen molar-refractivity contribution >= 4 is 24.5 Å². The third-order valence-corrected chi connectivity index (χ3v) is 1.62. The highest BCUT2D eigenvalue weighted by molar-refractivity contribution is 5.85. The van der Waals surface area contributed by atoms with E-state index in [9.17, 15) is 9.59 Å². The summed E-state index contributed by atoms with van der Waals surface area (Å²) in [5.41, 5.74) is 0. The lowest BCUT2D eigenvalue weighted by molar-refractivity contribution is -0.146. The first-order valence-corrected chi connectivity index (χ1v) is 4.33. The van der Waals surface area contributed by atoms with E-state index in [1.165, 1.54) is 0 Å². The van der Waals surface area contributed by atoms with Crippen molar-refractivity contribution in [3.63, 3.8) is 0 Å². The quantitative estimate of drug-likeness (QED) is 0.677. The number of nitrogens with one attached hydrogen (secondary N) is 1. The molecule has 0 aliphatic carbocycles. The van der Waals surface area contributed by atoms with Gasteiger partial charge in [0.1, 0.15) is 6.61 Å². The van der Waals surface area contributed by atoms with Gasteiger partial charge in [-0.1, -0.05) is 0 Å². The van der Waals surface area contributed by atoms with Gasteiger partial charge in [-0.2, -0.15) is 0 Å². The molecule has 1 saturated heterocycles. The molecule has 0 spiro atoms. The van der Waals surface area contributed by atoms with Gasteiger partial charge in [0.05, 0.1) is 13.1 Å². The van der Waals surface area contributed by atoms with Crippen LogP contribution in [0.2, 0.25) is 0 Å². The van der Waals surface area contributed by atoms with Crippen LogP contribution in [0.1, 0.15) is 0 Å². The summed E-state index contributed by atoms with van der Waals surface area (Å²) in [6, 6.07) is 0. The number of amides is 1. The Balaban J connectivity index is 0.00000196. The summed E-state index contributed by atoms with van der Waals surface area (Å²) in [5, 5.41) is 2.47. The number of esters is 1. The van der Waals surface area contributed by atoms with Gasteiger partial charge in [0.25, 0.3) is 0 Å². The number of hydrogen-bond acceptors (Lipinski definition) is 5. The number of cyclic esters (lactones) is 1. The van der Waals surface area contributed by atoms with Gasteiger partial charge in [0.2, 0.25) is 0 Å². The van der Waals surface area contributed by atoms with Gasteiger partial charge < -0.3 is 14.8 Å². The molecule has 1 heterocycles. The number of hydrogen-bond donors (Lipinski definition) is 1. The van der Waals surface area contributed by atoms with Crippen molar-refractivity contribution in [1.29, 1.82) is 0 Å². The minimum absolute atomic E-state index is 0. The van der Waals surface area contributed by atoms with E-state index < -0.39 is 6.09 Å². The van der Waals surface area contributed by atoms with Crippen LogP contribution < -0.4 is 5.32 Å². The van der Waals surface area contributed by atoms with E-state index in [1.807, 2.05) is 0 Å². The minimum atomic E-state index is -0.460. The normalized spacial score (nSPS) is 19.1. The summed E-state index contributed by atoms with van der Waals surface area (Å²) < 4.78 is 9.66. The molecule has 0 bridgehead atoms. The van der Waals surface area contributed by atoms with E-state index >= 15 is 0 Å². The zero-order valence-electron chi connectivity index (χ0n) is 8.69. The molecule has 88 valence electrons. The lowest BCUT2D eigenvalue weighted by Crippen LogP contribution is -2.28. The summed E-state index contributed by atoms with van der Waals surface area (Å²) in [6.45, 7) is 0.744. The molecular weight excluding hydrogens is 224 g/mol. The highest BCUT2D eigenvalue weighted by Gasteiger charge is 2.23. The Hall–Kier alpha value is -1.01. The first kappa shape index (κ1) is 14.0. The predicted molar refractivity (Wildman–Crippen MR) is 55.0 cm³/mol. The van der Waals surface area contributed by atoms with Crippen LogP contribution >= 0.6 is 12.4 Å². The van der Waals surface area contributed by atoms with Crippen molar-refractivity contribution in [2.75, 3.05) is 33.8 Å². The van der Waals surface area contributed by atoms with Crippen LogP contribution in [0.3, 0.4) is 0 Å². The van der Waals surface area contributed by atoms with Crippen LogP contribution in [0.15, 0.2) is 0 Å². The van der Waals surface area contributed by atoms with Gasteiger partial charge in [0, 0.05) is 0 Å². The van der Waals surface area contributed by atoms with Gasteiger partial charge in [0.15, 0.2) is 6.10 Å². The van der Waals surface area contributed by atoms with Gasteiger partial charge in [-0.25, -0.2) is 4.79 Å². The molecule has 0 aromatic heterocycles. The molecule has 0 unspecified atom stereocenters. The van der Waals surface area contributed by atoms with Crippen molar-refractivity contribution in [2.24, 2.45) is 0 Å². The second kappa shape index (κ2) is 6.47. The third kappa shape index (κ3) is 5.44. The number of rotatable bonds is 4. The molecule has 1 aliphatic rings. The fourth-order valence-corrected chi connectivity index (χ4v) is 1.01. The lowest BCUT2D eigenvalue weighted by atomic mass is 10.4. The molecule has 0 aromatic rings. The van der Waals surface area contributed by atoms with E-state index in [0.29, 0.717) is 6.54 Å². The molecule has 1 fully saturated rings. The maximum absolute atomic E-state index is 11.1. The minimum Gasteiger partial charge on any atom is -0.461 e. The topological polar surface area (TPSA) is 67.9 Å². The molecule has 1 rings (SSSR count). The highest BCUT2D eigenvalue weighted by atomic mass is 35.5. The lowest BCUT2D eigenvalue weighted by Gasteiger charge is -2.11. The zero-order valence-corrected chi connectivity index (χ0v) is 9.50. The molecule has 0 saturated carbocycles. The molecule has 6 nitrogen and oxygen atoms in total. The molecule has 1 atom stereocenters. The Morgan fingerprint density at radius 1 is 1.67 bits per heavy atom. The fraction of sp³-hybridized carbons (Fsp3) is 0.750. The van der Waals surface area contributed by atoms with Gasteiger partial charge in [-0.15, -0.1) is 12.4 Å². The second-order valence-corrected chi connectivity index (χ2v) is 3.33. The smallest absolute Gasteiger partial charge is 0.407 e. The highest BCUT2D eigenvalue weighted by Crippen LogP contribution is 2.00. The van der Waals surface area contributed by atoms with Gasteiger partial charge >= 0.3 is 12.1 Å². The molecule has 1 N–H and O–H groups in total. The van der Waals surface area contributed by atoms with Crippen LogP contribution in [-0.4, -0.2) is 56.9 Å². The largest absolute Gasteiger partial charge is 0.461 e. The standard InChI is InChI=1S/C8H14N2O4.ClH/c1-10(2)4-7(11)13-5-6-3-9-8(12)14-6;/h6H,3-5H2,1-2H3,(H,9,12);1H/t6-;/m1./s1. The van der Waals surface area contributed by atoms with E-state index in [4.69, 9.17) is 9.47 Å². The van der Waals surface area contributed by atoms with Crippen molar-refractivity contribution in [2.45, 2.75) is 6.10 Å². The van der Waals surface area contributed by atoms with E-state index in [0.717, 1.165) is 0 Å². The van der Waals surface area contributed by atoms with E-state index in [1.54, 1.807) is 19.0 Å². The second-order valence-electron chi connectivity index (χ2n) is 3.33. The summed E-state index contributed by atoms with van der Waals surface area (Å²) in [7, 11) is 3.55. The SMILES string of the molecule is CN(C)CC(=O)OC[C@H]1CNC(=O)O1.Cl. The molecule has 0 radical (unpaired) electrons. The number of carbonyl (C=O) groups excluding carboxylic acids is 2. The molecule has 7 heteroatoms. The van der Waals surface area contributed by atoms with Gasteiger partial charge in [-0.05, 0) is 14.1 Å². The Morgan fingerprint density at radius 3 is 2.80 bits per heavy atom. The van der Waals surface area contributed by atoms with E-state index in [-0.39, 0.29) is 37.6 Å². The molecule has 15 heavy (non-hydrogen) atoms.